The number of alkyl carbamates (subject to hydrolysis) is 1. The molecule has 0 aliphatic heterocycles. The Hall–Kier alpha value is -1.30. The molecule has 0 atom stereocenters. The van der Waals surface area contributed by atoms with Crippen LogP contribution in [0.15, 0.2) is 0 Å². The van der Waals surface area contributed by atoms with Crippen LogP contribution < -0.4 is 10.6 Å². The molecule has 0 aromatic heterocycles. The predicted molar refractivity (Wildman–Crippen MR) is 54.5 cm³/mol. The first kappa shape index (κ1) is 13.7. The Kier molecular flexibility index (Phi) is 8.46. The Bertz CT molecular complexity index is 197. The summed E-state index contributed by atoms with van der Waals surface area (Å²) >= 11 is 0. The molecule has 0 spiro atoms. The lowest BCUT2D eigenvalue weighted by atomic mass is 10.4. The molecule has 0 bridgehead atoms. The van der Waals surface area contributed by atoms with E-state index in [1.54, 1.807) is 6.92 Å². The molecule has 0 heterocycles. The molecule has 0 aromatic carbocycles. The van der Waals surface area contributed by atoms with Crippen LogP contribution >= 0.6 is 0 Å². The summed E-state index contributed by atoms with van der Waals surface area (Å²) < 4.78 is 9.37. The van der Waals surface area contributed by atoms with E-state index >= 15 is 0 Å². The van der Waals surface area contributed by atoms with Crippen molar-refractivity contribution in [3.8, 4) is 0 Å². The van der Waals surface area contributed by atoms with Gasteiger partial charge in [-0.3, -0.25) is 4.79 Å². The number of methoxy groups -OCH3 is 1. The lowest BCUT2D eigenvalue weighted by Gasteiger charge is -2.06. The van der Waals surface area contributed by atoms with Crippen molar-refractivity contribution in [3.63, 3.8) is 0 Å². The highest BCUT2D eigenvalue weighted by Gasteiger charge is 2.01. The van der Waals surface area contributed by atoms with Crippen molar-refractivity contribution < 1.29 is 19.1 Å². The van der Waals surface area contributed by atoms with Crippen molar-refractivity contribution in [1.29, 1.82) is 0 Å². The Morgan fingerprint density at radius 2 is 1.87 bits per heavy atom. The zero-order valence-corrected chi connectivity index (χ0v) is 9.17. The second-order valence-corrected chi connectivity index (χ2v) is 2.74. The highest BCUT2D eigenvalue weighted by molar-refractivity contribution is 5.76. The fraction of sp³-hybridized carbons (Fsp3) is 0.778. The molecule has 0 saturated carbocycles. The van der Waals surface area contributed by atoms with Crippen LogP contribution in [-0.4, -0.2) is 45.4 Å². The van der Waals surface area contributed by atoms with E-state index in [9.17, 15) is 9.59 Å². The van der Waals surface area contributed by atoms with E-state index in [0.717, 1.165) is 0 Å². The normalized spacial score (nSPS) is 9.47. The van der Waals surface area contributed by atoms with Gasteiger partial charge >= 0.3 is 6.09 Å². The molecule has 0 rings (SSSR count). The van der Waals surface area contributed by atoms with Gasteiger partial charge in [-0.15, -0.1) is 0 Å². The van der Waals surface area contributed by atoms with Crippen LogP contribution in [0.5, 0.6) is 0 Å². The molecule has 0 fully saturated rings. The van der Waals surface area contributed by atoms with Crippen LogP contribution in [0.3, 0.4) is 0 Å². The van der Waals surface area contributed by atoms with Gasteiger partial charge in [-0.2, -0.15) is 0 Å². The summed E-state index contributed by atoms with van der Waals surface area (Å²) in [4.78, 5) is 21.8. The average molecular weight is 218 g/mol. The van der Waals surface area contributed by atoms with Gasteiger partial charge in [0.15, 0.2) is 0 Å². The minimum Gasteiger partial charge on any atom is -0.450 e. The van der Waals surface area contributed by atoms with Gasteiger partial charge in [0.1, 0.15) is 0 Å². The summed E-state index contributed by atoms with van der Waals surface area (Å²) in [7, 11) is 1.54. The van der Waals surface area contributed by atoms with Gasteiger partial charge in [0.2, 0.25) is 5.91 Å². The number of carbonyl (C=O) groups excluding carboxylic acids is 2. The van der Waals surface area contributed by atoms with E-state index in [-0.39, 0.29) is 5.91 Å². The van der Waals surface area contributed by atoms with Gasteiger partial charge in [-0.05, 0) is 6.92 Å². The average Bonchev–Trinajstić information content (AvgIpc) is 2.22. The lowest BCUT2D eigenvalue weighted by molar-refractivity contribution is -0.121. The molecule has 2 N–H and O–H groups in total. The van der Waals surface area contributed by atoms with Gasteiger partial charge in [-0.25, -0.2) is 4.79 Å². The first-order chi connectivity index (χ1) is 7.20. The molecule has 0 radical (unpaired) electrons. The minimum atomic E-state index is -0.469. The minimum absolute atomic E-state index is 0.0949. The molecule has 6 heteroatoms. The van der Waals surface area contributed by atoms with Crippen LogP contribution in [0.2, 0.25) is 0 Å². The summed E-state index contributed by atoms with van der Waals surface area (Å²) in [5.41, 5.74) is 0. The molecule has 2 amide bonds. The van der Waals surface area contributed by atoms with Gasteiger partial charge in [-0.1, -0.05) is 0 Å². The van der Waals surface area contributed by atoms with Gasteiger partial charge in [0.05, 0.1) is 13.2 Å². The predicted octanol–water partition coefficient (Wildman–Crippen LogP) is -0.115. The quantitative estimate of drug-likeness (QED) is 0.584. The third-order valence-electron chi connectivity index (χ3n) is 1.53. The van der Waals surface area contributed by atoms with E-state index < -0.39 is 6.09 Å². The van der Waals surface area contributed by atoms with E-state index in [2.05, 4.69) is 15.4 Å². The second kappa shape index (κ2) is 9.26. The molecule has 0 saturated heterocycles. The highest BCUT2D eigenvalue weighted by Crippen LogP contribution is 1.79. The summed E-state index contributed by atoms with van der Waals surface area (Å²) in [6, 6.07) is 0. The van der Waals surface area contributed by atoms with E-state index in [0.29, 0.717) is 32.7 Å². The largest absolute Gasteiger partial charge is 0.450 e. The maximum Gasteiger partial charge on any atom is 0.407 e. The number of amides is 2. The number of nitrogens with one attached hydrogen (secondary N) is 2. The monoisotopic (exact) mass is 218 g/mol. The van der Waals surface area contributed by atoms with Crippen LogP contribution in [0.25, 0.3) is 0 Å². The zero-order chi connectivity index (χ0) is 11.5. The molecule has 0 aromatic rings. The summed E-state index contributed by atoms with van der Waals surface area (Å²) in [5.74, 6) is -0.0949. The summed E-state index contributed by atoms with van der Waals surface area (Å²) in [5, 5.41) is 5.11. The van der Waals surface area contributed by atoms with E-state index in [1.165, 1.54) is 7.11 Å². The van der Waals surface area contributed by atoms with Crippen molar-refractivity contribution in [2.24, 2.45) is 0 Å². The third kappa shape index (κ3) is 9.01. The van der Waals surface area contributed by atoms with Crippen LogP contribution in [0.1, 0.15) is 13.3 Å². The van der Waals surface area contributed by atoms with Crippen molar-refractivity contribution in [1.82, 2.24) is 10.6 Å². The Morgan fingerprint density at radius 1 is 1.20 bits per heavy atom. The maximum absolute atomic E-state index is 11.0. The SMILES string of the molecule is CCOC(=O)NCCNC(=O)CCOC. The van der Waals surface area contributed by atoms with Crippen molar-refractivity contribution in [2.45, 2.75) is 13.3 Å². The first-order valence-electron chi connectivity index (χ1n) is 4.87. The molecule has 0 aliphatic rings. The van der Waals surface area contributed by atoms with Gasteiger partial charge in [0, 0.05) is 26.6 Å². The number of ether oxygens (including phenoxy) is 2. The van der Waals surface area contributed by atoms with Crippen LogP contribution in [-0.2, 0) is 14.3 Å². The lowest BCUT2D eigenvalue weighted by Crippen LogP contribution is -2.35. The Labute approximate surface area is 89.3 Å². The topological polar surface area (TPSA) is 76.7 Å². The fourth-order valence-corrected chi connectivity index (χ4v) is 0.832. The molecule has 15 heavy (non-hydrogen) atoms. The number of carbonyl (C=O) groups is 2. The first-order valence-corrected chi connectivity index (χ1v) is 4.87. The number of hydrogen-bond donors (Lipinski definition) is 2. The fourth-order valence-electron chi connectivity index (χ4n) is 0.832. The van der Waals surface area contributed by atoms with Gasteiger partial charge < -0.3 is 20.1 Å². The molecular weight excluding hydrogens is 200 g/mol. The maximum atomic E-state index is 11.0. The standard InChI is InChI=1S/C9H18N2O4/c1-3-15-9(13)11-6-5-10-8(12)4-7-14-2/h3-7H2,1-2H3,(H,10,12)(H,11,13). The molecule has 0 aliphatic carbocycles. The highest BCUT2D eigenvalue weighted by atomic mass is 16.5. The Balaban J connectivity index is 3.30. The third-order valence-corrected chi connectivity index (χ3v) is 1.53. The van der Waals surface area contributed by atoms with Crippen LogP contribution in [0, 0.1) is 0 Å². The van der Waals surface area contributed by atoms with Crippen LogP contribution in [0.4, 0.5) is 4.79 Å². The summed E-state index contributed by atoms with van der Waals surface area (Å²) in [6.07, 6.45) is -0.140. The second-order valence-electron chi connectivity index (χ2n) is 2.74. The number of hydrogen-bond acceptors (Lipinski definition) is 4. The van der Waals surface area contributed by atoms with Gasteiger partial charge in [0.25, 0.3) is 0 Å². The molecule has 6 nitrogen and oxygen atoms in total. The Morgan fingerprint density at radius 3 is 2.47 bits per heavy atom. The molecule has 88 valence electrons. The van der Waals surface area contributed by atoms with E-state index in [4.69, 9.17) is 4.74 Å². The van der Waals surface area contributed by atoms with E-state index in [1.807, 2.05) is 0 Å². The number of rotatable bonds is 7. The molecule has 0 unspecified atom stereocenters. The van der Waals surface area contributed by atoms with Crippen molar-refractivity contribution >= 4 is 12.0 Å². The van der Waals surface area contributed by atoms with Crippen molar-refractivity contribution in [3.05, 3.63) is 0 Å². The van der Waals surface area contributed by atoms with Crippen molar-refractivity contribution in [2.75, 3.05) is 33.4 Å². The molecular formula is C9H18N2O4. The smallest absolute Gasteiger partial charge is 0.407 e. The zero-order valence-electron chi connectivity index (χ0n) is 9.17. The summed E-state index contributed by atoms with van der Waals surface area (Å²) in [6.45, 7) is 3.22.